The maximum absolute atomic E-state index is 11.4. The molecule has 1 N–H and O–H groups in total. The van der Waals surface area contributed by atoms with Crippen LogP contribution in [0.5, 0.6) is 0 Å². The number of rotatable bonds is 17. The molecule has 193 valence electrons. The van der Waals surface area contributed by atoms with Crippen LogP contribution in [0.15, 0.2) is 17.6 Å². The third kappa shape index (κ3) is 14.7. The van der Waals surface area contributed by atoms with Gasteiger partial charge in [0.1, 0.15) is 0 Å². The molecule has 7 atom stereocenters. The molecule has 1 fully saturated rings. The first-order valence-electron chi connectivity index (χ1n) is 9.71. The van der Waals surface area contributed by atoms with Crippen LogP contribution in [-0.2, 0) is 21.8 Å². The third-order valence-electron chi connectivity index (χ3n) is 3.68. The summed E-state index contributed by atoms with van der Waals surface area (Å²) in [7, 11) is 1.86. The molecule has 0 bridgehead atoms. The number of nitrogens with zero attached hydrogens (tertiary/aromatic N) is 1. The summed E-state index contributed by atoms with van der Waals surface area (Å²) in [5.41, 5.74) is -0.221. The first kappa shape index (κ1) is 33.4. The predicted molar refractivity (Wildman–Crippen MR) is 147 cm³/mol. The van der Waals surface area contributed by atoms with Crippen molar-refractivity contribution in [2.24, 2.45) is 4.99 Å². The van der Waals surface area contributed by atoms with Crippen molar-refractivity contribution in [1.29, 1.82) is 0 Å². The Labute approximate surface area is 237 Å². The van der Waals surface area contributed by atoms with Gasteiger partial charge in [-0.05, 0) is 0 Å². The Bertz CT molecular complexity index is 649. The van der Waals surface area contributed by atoms with Gasteiger partial charge in [-0.3, -0.25) is 0 Å². The first-order chi connectivity index (χ1) is 15.4. The van der Waals surface area contributed by atoms with E-state index >= 15 is 0 Å². The average molecular weight is 784 g/mol. The van der Waals surface area contributed by atoms with E-state index in [1.54, 1.807) is 32.4 Å². The predicted octanol–water partition coefficient (Wildman–Crippen LogP) is 1.14. The molecule has 0 spiro atoms. The fourth-order valence-corrected chi connectivity index (χ4v) is 10.00. The minimum atomic E-state index is -4.71. The van der Waals surface area contributed by atoms with Crippen molar-refractivity contribution >= 4 is 85.2 Å². The van der Waals surface area contributed by atoms with E-state index in [-0.39, 0.29) is 32.3 Å². The molecule has 5 unspecified atom stereocenters. The van der Waals surface area contributed by atoms with E-state index in [2.05, 4.69) is 61.7 Å². The van der Waals surface area contributed by atoms with E-state index < -0.39 is 40.9 Å². The van der Waals surface area contributed by atoms with Crippen molar-refractivity contribution in [2.75, 3.05) is 19.4 Å². The molecule has 1 aliphatic heterocycles. The van der Waals surface area contributed by atoms with Crippen LogP contribution in [0.25, 0.3) is 0 Å². The molecule has 1 aliphatic rings. The Balaban J connectivity index is 2.67. The number of aliphatic imine (C=N–C) groups is 1. The summed E-state index contributed by atoms with van der Waals surface area (Å²) in [6.45, 7) is 13.8. The van der Waals surface area contributed by atoms with Crippen molar-refractivity contribution in [3.8, 4) is 0 Å². The topological polar surface area (TPSA) is 110 Å². The second-order valence-electron chi connectivity index (χ2n) is 7.62. The molecular formula is C17H30BI2NO7PS4-2. The zero-order valence-corrected chi connectivity index (χ0v) is 27.3. The summed E-state index contributed by atoms with van der Waals surface area (Å²) in [5, 5.41) is 2.04. The molecule has 16 heteroatoms. The quantitative estimate of drug-likeness (QED) is 0.0336. The van der Waals surface area contributed by atoms with Crippen LogP contribution >= 0.6 is 73.4 Å². The van der Waals surface area contributed by atoms with Crippen molar-refractivity contribution in [1.82, 2.24) is 0 Å². The van der Waals surface area contributed by atoms with Gasteiger partial charge < -0.3 is 0 Å². The van der Waals surface area contributed by atoms with Gasteiger partial charge in [-0.2, -0.15) is 0 Å². The van der Waals surface area contributed by atoms with Crippen molar-refractivity contribution < 1.29 is 53.0 Å². The van der Waals surface area contributed by atoms with Crippen molar-refractivity contribution in [3.63, 3.8) is 0 Å². The summed E-state index contributed by atoms with van der Waals surface area (Å²) >= 11 is 1.60. The molecule has 1 radical (unpaired) electrons. The molecule has 8 nitrogen and oxygen atoms in total. The van der Waals surface area contributed by atoms with Crippen LogP contribution in [0.1, 0.15) is 27.2 Å². The Kier molecular flexibility index (Phi) is 17.2. The molecule has 33 heavy (non-hydrogen) atoms. The van der Waals surface area contributed by atoms with E-state index in [4.69, 9.17) is 17.3 Å². The molecule has 0 saturated carbocycles. The first-order valence-corrected chi connectivity index (χ1v) is 19.6. The van der Waals surface area contributed by atoms with Crippen molar-refractivity contribution in [3.05, 3.63) is 12.7 Å². The van der Waals surface area contributed by atoms with Crippen LogP contribution in [0.3, 0.4) is 0 Å². The standard InChI is InChI=1S/C17H31BI2NO7PS4/c1-7-14(29(22,23)24)25-10-12-11(27-15(9-21-5)31-30-6)8-13(26-12)18-20-28-16(19)32-33-17(2,3)4/h7,11-16H,1,5,8-10H2,2-4,6H3,(H2,22,23,24)/q-1/p-1/t11?,12-,13-,14?,15?,16?/m1/s1. The fraction of sp³-hybridized carbons (Fsp3) is 0.824. The van der Waals surface area contributed by atoms with E-state index in [0.717, 1.165) is 6.08 Å². The normalized spacial score (nSPS) is 25.8. The van der Waals surface area contributed by atoms with Gasteiger partial charge in [0.25, 0.3) is 0 Å². The molecule has 0 aromatic rings. The van der Waals surface area contributed by atoms with Crippen LogP contribution in [0, 0.1) is 0 Å². The van der Waals surface area contributed by atoms with Crippen molar-refractivity contribution in [2.45, 2.75) is 64.9 Å². The van der Waals surface area contributed by atoms with E-state index in [1.807, 2.05) is 11.4 Å². The monoisotopic (exact) mass is 784 g/mol. The van der Waals surface area contributed by atoms with Gasteiger partial charge in [-0.15, -0.1) is 0 Å². The van der Waals surface area contributed by atoms with Gasteiger partial charge in [-0.25, -0.2) is 0 Å². The van der Waals surface area contributed by atoms with Crippen LogP contribution in [0.4, 0.5) is 0 Å². The zero-order valence-electron chi connectivity index (χ0n) is 18.8. The molecule has 0 aromatic heterocycles. The minimum absolute atomic E-state index is 0.0357. The van der Waals surface area contributed by atoms with Crippen LogP contribution in [0.2, 0.25) is 0 Å². The fourth-order valence-electron chi connectivity index (χ4n) is 2.44. The number of alkyl halides is 1. The molecule has 0 aromatic carbocycles. The molecule has 0 amide bonds. The van der Waals surface area contributed by atoms with E-state index in [0.29, 0.717) is 13.0 Å². The molecule has 1 saturated heterocycles. The summed E-state index contributed by atoms with van der Waals surface area (Å²) in [6, 6.07) is -0.202. The summed E-state index contributed by atoms with van der Waals surface area (Å²) < 4.78 is 35.3. The summed E-state index contributed by atoms with van der Waals surface area (Å²) in [6.07, 6.45) is 2.73. The Morgan fingerprint density at radius 2 is 2.18 bits per heavy atom. The van der Waals surface area contributed by atoms with Crippen LogP contribution < -0.4 is 26.3 Å². The van der Waals surface area contributed by atoms with Gasteiger partial charge >= 0.3 is 240 Å². The zero-order chi connectivity index (χ0) is 25.1. The molecule has 1 heterocycles. The molecular weight excluding hydrogens is 754 g/mol. The Morgan fingerprint density at radius 1 is 1.48 bits per heavy atom. The number of ether oxygens (including phenoxy) is 3. The number of hydrogen-bond acceptors (Lipinski definition) is 11. The SMILES string of the molecule is C=CC(OC[C@H]1O[C@@H]([B][I-]OC(I)SSC(C)(C)C)CC1OC(CN=C)SSC)P(=O)([O-])O. The van der Waals surface area contributed by atoms with Gasteiger partial charge in [-0.1, -0.05) is 0 Å². The number of halogens is 2. The average Bonchev–Trinajstić information content (AvgIpc) is 3.07. The van der Waals surface area contributed by atoms with E-state index in [1.165, 1.54) is 10.8 Å². The third-order valence-corrected chi connectivity index (χ3v) is 15.0. The Morgan fingerprint density at radius 3 is 2.73 bits per heavy atom. The van der Waals surface area contributed by atoms with Gasteiger partial charge in [0.15, 0.2) is 0 Å². The van der Waals surface area contributed by atoms with Crippen LogP contribution in [-0.4, -0.2) is 73.8 Å². The second-order valence-corrected chi connectivity index (χ2v) is 18.7. The summed E-state index contributed by atoms with van der Waals surface area (Å²) in [4.78, 5) is 24.7. The van der Waals surface area contributed by atoms with Gasteiger partial charge in [0.05, 0.1) is 0 Å². The number of hydrogen-bond donors (Lipinski definition) is 1. The maximum atomic E-state index is 11.4. The molecule has 0 aliphatic carbocycles. The molecule has 1 rings (SSSR count). The van der Waals surface area contributed by atoms with Gasteiger partial charge in [0, 0.05) is 0 Å². The van der Waals surface area contributed by atoms with Gasteiger partial charge in [0.2, 0.25) is 0 Å². The summed E-state index contributed by atoms with van der Waals surface area (Å²) in [5.74, 6) is -1.50. The second kappa shape index (κ2) is 17.0. The Hall–Kier alpha value is 2.32. The van der Waals surface area contributed by atoms with E-state index in [9.17, 15) is 14.4 Å².